The van der Waals surface area contributed by atoms with Crippen LogP contribution in [0.15, 0.2) is 48.2 Å². The lowest BCUT2D eigenvalue weighted by Crippen LogP contribution is -2.47. The molecule has 160 valence electrons. The van der Waals surface area contributed by atoms with Crippen molar-refractivity contribution in [2.75, 3.05) is 71.9 Å². The zero-order valence-electron chi connectivity index (χ0n) is 18.6. The maximum absolute atomic E-state index is 13.0. The normalized spacial score (nSPS) is 16.2. The monoisotopic (exact) mass is 400 g/mol. The van der Waals surface area contributed by atoms with Gasteiger partial charge in [0.25, 0.3) is 0 Å². The number of rotatable bonds is 9. The van der Waals surface area contributed by atoms with Crippen molar-refractivity contribution in [2.24, 2.45) is 0 Å². The molecule has 1 saturated heterocycles. The number of benzene rings is 1. The van der Waals surface area contributed by atoms with Gasteiger partial charge in [-0.15, -0.1) is 0 Å². The molecule has 29 heavy (non-hydrogen) atoms. The van der Waals surface area contributed by atoms with E-state index >= 15 is 0 Å². The fourth-order valence-corrected chi connectivity index (χ4v) is 3.41. The fraction of sp³-hybridized carbons (Fsp3) is 0.522. The summed E-state index contributed by atoms with van der Waals surface area (Å²) >= 11 is 0. The number of carbonyl (C=O) groups excluding carboxylic acids is 1. The Balaban J connectivity index is 2.03. The summed E-state index contributed by atoms with van der Waals surface area (Å²) in [4.78, 5) is 21.7. The van der Waals surface area contributed by atoms with E-state index in [4.69, 9.17) is 4.74 Å². The molecule has 1 heterocycles. The van der Waals surface area contributed by atoms with Crippen molar-refractivity contribution in [1.29, 1.82) is 0 Å². The van der Waals surface area contributed by atoms with Crippen LogP contribution >= 0.6 is 0 Å². The average Bonchev–Trinajstić information content (AvgIpc) is 2.75. The molecule has 0 radical (unpaired) electrons. The van der Waals surface area contributed by atoms with Crippen molar-refractivity contribution >= 4 is 11.6 Å². The number of carbonyl (C=O) groups is 1. The van der Waals surface area contributed by atoms with Gasteiger partial charge >= 0.3 is 0 Å². The lowest BCUT2D eigenvalue weighted by molar-refractivity contribution is -0.119. The quantitative estimate of drug-likeness (QED) is 0.596. The van der Waals surface area contributed by atoms with E-state index in [9.17, 15) is 4.79 Å². The zero-order valence-corrected chi connectivity index (χ0v) is 18.6. The predicted octanol–water partition coefficient (Wildman–Crippen LogP) is 2.69. The molecule has 0 spiro atoms. The first kappa shape index (κ1) is 23.0. The van der Waals surface area contributed by atoms with Crippen LogP contribution in [0, 0.1) is 0 Å². The highest BCUT2D eigenvalue weighted by atomic mass is 16.5. The summed E-state index contributed by atoms with van der Waals surface area (Å²) in [6.45, 7) is 10.5. The summed E-state index contributed by atoms with van der Waals surface area (Å²) in [5.74, 6) is 0.852. The zero-order chi connectivity index (χ0) is 21.2. The van der Waals surface area contributed by atoms with E-state index < -0.39 is 0 Å². The van der Waals surface area contributed by atoms with Crippen LogP contribution in [0.3, 0.4) is 0 Å². The molecule has 0 atom stereocenters. The molecule has 0 N–H and O–H groups in total. The molecule has 1 aromatic rings. The molecule has 1 amide bonds. The third-order valence-electron chi connectivity index (χ3n) is 5.44. The summed E-state index contributed by atoms with van der Waals surface area (Å²) in [5, 5.41) is 0. The third kappa shape index (κ3) is 6.91. The molecular formula is C23H36N4O2. The molecule has 1 aliphatic heterocycles. The number of likely N-dealkylation sites (N-methyl/N-ethyl adjacent to an activating group) is 2. The number of anilines is 1. The van der Waals surface area contributed by atoms with Crippen molar-refractivity contribution < 1.29 is 9.53 Å². The van der Waals surface area contributed by atoms with Gasteiger partial charge in [0.05, 0.1) is 13.7 Å². The Labute approximate surface area is 176 Å². The summed E-state index contributed by atoms with van der Waals surface area (Å²) < 4.78 is 5.21. The summed E-state index contributed by atoms with van der Waals surface area (Å²) in [6.07, 6.45) is 6.17. The number of allylic oxidation sites excluding steroid dienone is 3. The lowest BCUT2D eigenvalue weighted by atomic mass is 10.2. The molecular weight excluding hydrogens is 364 g/mol. The molecule has 0 aromatic heterocycles. The van der Waals surface area contributed by atoms with Crippen LogP contribution in [0.25, 0.3) is 0 Å². The minimum atomic E-state index is 0.0670. The number of hydrogen-bond donors (Lipinski definition) is 0. The first-order chi connectivity index (χ1) is 14.0. The van der Waals surface area contributed by atoms with Crippen LogP contribution in [0.1, 0.15) is 13.8 Å². The largest absolute Gasteiger partial charge is 0.497 e. The van der Waals surface area contributed by atoms with Gasteiger partial charge in [-0.25, -0.2) is 0 Å². The Morgan fingerprint density at radius 1 is 1.14 bits per heavy atom. The lowest BCUT2D eigenvalue weighted by Gasteiger charge is -2.35. The van der Waals surface area contributed by atoms with Gasteiger partial charge in [-0.3, -0.25) is 9.69 Å². The number of methoxy groups -OCH3 is 1. The molecule has 0 aliphatic carbocycles. The van der Waals surface area contributed by atoms with E-state index in [-0.39, 0.29) is 5.91 Å². The van der Waals surface area contributed by atoms with Crippen molar-refractivity contribution in [3.63, 3.8) is 0 Å². The van der Waals surface area contributed by atoms with Gasteiger partial charge < -0.3 is 19.4 Å². The molecule has 0 saturated carbocycles. The van der Waals surface area contributed by atoms with Crippen LogP contribution in [-0.2, 0) is 4.79 Å². The molecule has 6 nitrogen and oxygen atoms in total. The smallest absolute Gasteiger partial charge is 0.246 e. The SMILES string of the molecule is C/C=C\C(=C/C)N(CCN1CCN(C)CC1)CC(=O)N(C)c1ccc(OC)cc1. The van der Waals surface area contributed by atoms with Gasteiger partial charge in [-0.1, -0.05) is 12.2 Å². The maximum Gasteiger partial charge on any atom is 0.246 e. The standard InChI is InChI=1S/C23H36N4O2/c1-6-8-20(7-2)27(18-17-26-15-13-24(3)14-16-26)19-23(28)25(4)21-9-11-22(29-5)12-10-21/h6-12H,13-19H2,1-5H3/b8-6-,20-7+. The fourth-order valence-electron chi connectivity index (χ4n) is 3.41. The van der Waals surface area contributed by atoms with Gasteiger partial charge in [-0.05, 0) is 51.2 Å². The minimum absolute atomic E-state index is 0.0670. The van der Waals surface area contributed by atoms with Gasteiger partial charge in [0.1, 0.15) is 5.75 Å². The highest BCUT2D eigenvalue weighted by Gasteiger charge is 2.19. The second-order valence-electron chi connectivity index (χ2n) is 7.43. The second kappa shape index (κ2) is 11.6. The first-order valence-electron chi connectivity index (χ1n) is 10.3. The van der Waals surface area contributed by atoms with Crippen LogP contribution < -0.4 is 9.64 Å². The van der Waals surface area contributed by atoms with Gasteiger partial charge in [-0.2, -0.15) is 0 Å². The number of ether oxygens (including phenoxy) is 1. The average molecular weight is 401 g/mol. The molecule has 2 rings (SSSR count). The van der Waals surface area contributed by atoms with Gasteiger partial charge in [0.2, 0.25) is 5.91 Å². The molecule has 0 bridgehead atoms. The Morgan fingerprint density at radius 3 is 2.34 bits per heavy atom. The van der Waals surface area contributed by atoms with Crippen molar-refractivity contribution in [3.05, 3.63) is 48.2 Å². The Morgan fingerprint density at radius 2 is 1.79 bits per heavy atom. The number of hydrogen-bond acceptors (Lipinski definition) is 5. The van der Waals surface area contributed by atoms with Crippen LogP contribution in [0.2, 0.25) is 0 Å². The summed E-state index contributed by atoms with van der Waals surface area (Å²) in [5.41, 5.74) is 1.95. The van der Waals surface area contributed by atoms with Gasteiger partial charge in [0.15, 0.2) is 0 Å². The van der Waals surface area contributed by atoms with E-state index in [0.29, 0.717) is 6.54 Å². The highest BCUT2D eigenvalue weighted by molar-refractivity contribution is 5.94. The number of piperazine rings is 1. The van der Waals surface area contributed by atoms with E-state index in [0.717, 1.165) is 56.4 Å². The van der Waals surface area contributed by atoms with E-state index in [1.165, 1.54) is 0 Å². The van der Waals surface area contributed by atoms with E-state index in [2.05, 4.69) is 33.9 Å². The Hall–Kier alpha value is -2.31. The minimum Gasteiger partial charge on any atom is -0.497 e. The van der Waals surface area contributed by atoms with Crippen LogP contribution in [0.4, 0.5) is 5.69 Å². The molecule has 6 heteroatoms. The van der Waals surface area contributed by atoms with Crippen LogP contribution in [0.5, 0.6) is 5.75 Å². The van der Waals surface area contributed by atoms with E-state index in [1.54, 1.807) is 12.0 Å². The second-order valence-corrected chi connectivity index (χ2v) is 7.43. The molecule has 1 fully saturated rings. The van der Waals surface area contributed by atoms with Crippen molar-refractivity contribution in [1.82, 2.24) is 14.7 Å². The topological polar surface area (TPSA) is 39.3 Å². The molecule has 1 aliphatic rings. The predicted molar refractivity (Wildman–Crippen MR) is 120 cm³/mol. The molecule has 1 aromatic carbocycles. The Bertz CT molecular complexity index is 691. The third-order valence-corrected chi connectivity index (χ3v) is 5.44. The first-order valence-corrected chi connectivity index (χ1v) is 10.3. The highest BCUT2D eigenvalue weighted by Crippen LogP contribution is 2.19. The maximum atomic E-state index is 13.0. The number of amides is 1. The summed E-state index contributed by atoms with van der Waals surface area (Å²) in [6, 6.07) is 7.57. The molecule has 0 unspecified atom stereocenters. The number of nitrogens with zero attached hydrogens (tertiary/aromatic N) is 4. The summed E-state index contributed by atoms with van der Waals surface area (Å²) in [7, 11) is 5.64. The van der Waals surface area contributed by atoms with Crippen molar-refractivity contribution in [2.45, 2.75) is 13.8 Å². The van der Waals surface area contributed by atoms with Crippen LogP contribution in [-0.4, -0.2) is 87.6 Å². The van der Waals surface area contributed by atoms with Gasteiger partial charge in [0, 0.05) is 57.7 Å². The van der Waals surface area contributed by atoms with Crippen molar-refractivity contribution in [3.8, 4) is 5.75 Å². The van der Waals surface area contributed by atoms with E-state index in [1.807, 2.05) is 51.2 Å². The Kier molecular flexibility index (Phi) is 9.22.